The third kappa shape index (κ3) is 2.21. The van der Waals surface area contributed by atoms with Gasteiger partial charge in [0.25, 0.3) is 0 Å². The first-order chi connectivity index (χ1) is 15.6. The molecule has 0 saturated heterocycles. The van der Waals surface area contributed by atoms with Crippen LogP contribution in [-0.2, 0) is 0 Å². The lowest BCUT2D eigenvalue weighted by atomic mass is 9.97. The molecule has 3 heterocycles. The zero-order valence-electron chi connectivity index (χ0n) is 18.1. The fourth-order valence-electron chi connectivity index (χ4n) is 5.68. The highest BCUT2D eigenvalue weighted by Crippen LogP contribution is 2.52. The number of rotatable bonds is 1. The fraction of sp³-hybridized carbons (Fsp3) is 0.0690. The molecule has 2 aliphatic heterocycles. The van der Waals surface area contributed by atoms with Gasteiger partial charge in [-0.25, -0.2) is 0 Å². The molecule has 1 aromatic heterocycles. The van der Waals surface area contributed by atoms with E-state index in [2.05, 4.69) is 109 Å². The van der Waals surface area contributed by atoms with Crippen molar-refractivity contribution in [1.82, 2.24) is 4.98 Å². The summed E-state index contributed by atoms with van der Waals surface area (Å²) in [6, 6.07) is 33.2. The number of nitrogens with zero attached hydrogens (tertiary/aromatic N) is 2. The van der Waals surface area contributed by atoms with Crippen molar-refractivity contribution < 1.29 is 0 Å². The van der Waals surface area contributed by atoms with Gasteiger partial charge in [0, 0.05) is 28.6 Å². The number of benzene rings is 4. The summed E-state index contributed by atoms with van der Waals surface area (Å²) in [4.78, 5) is 7.46. The zero-order valence-corrected chi connectivity index (χ0v) is 19.1. The Labute approximate surface area is 188 Å². The summed E-state index contributed by atoms with van der Waals surface area (Å²) in [6.45, 7) is 4.95. The lowest BCUT2D eigenvalue weighted by Crippen LogP contribution is -2.49. The average Bonchev–Trinajstić information content (AvgIpc) is 2.99. The molecule has 3 heteroatoms. The van der Waals surface area contributed by atoms with Crippen molar-refractivity contribution in [3.63, 3.8) is 0 Å². The smallest absolute Gasteiger partial charge is 0.114 e. The molecular weight excluding hydrogens is 404 g/mol. The summed E-state index contributed by atoms with van der Waals surface area (Å²) in [5, 5.41) is 5.51. The van der Waals surface area contributed by atoms with Gasteiger partial charge < -0.3 is 4.90 Å². The van der Waals surface area contributed by atoms with E-state index in [0.717, 1.165) is 5.69 Å². The first-order valence-electron chi connectivity index (χ1n) is 11.2. The molecule has 0 aliphatic carbocycles. The standard InChI is InChI=1S/C29H22N2Si/c1-32(2)25-14-8-13-23-27(25)28-26(32)15-16-30-29(28)22-17-19-9-6-7-10-20(19)18-24(22)31(23)21-11-4-3-5-12-21/h3-18H,1-2H3. The molecule has 0 N–H and O–H groups in total. The minimum atomic E-state index is -1.80. The molecule has 2 nitrogen and oxygen atoms in total. The molecule has 32 heavy (non-hydrogen) atoms. The SMILES string of the molecule is C[Si]1(C)c2cccc3c2-c2c1ccnc2-c1cc2ccccc2cc1N3c1ccccc1. The van der Waals surface area contributed by atoms with Crippen LogP contribution in [0.15, 0.2) is 97.2 Å². The molecule has 0 atom stereocenters. The van der Waals surface area contributed by atoms with Crippen LogP contribution < -0.4 is 15.3 Å². The Hall–Kier alpha value is -3.69. The first-order valence-corrected chi connectivity index (χ1v) is 14.2. The van der Waals surface area contributed by atoms with Gasteiger partial charge in [0.15, 0.2) is 0 Å². The van der Waals surface area contributed by atoms with Crippen LogP contribution in [-0.4, -0.2) is 13.1 Å². The van der Waals surface area contributed by atoms with Crippen LogP contribution in [0.5, 0.6) is 0 Å². The molecule has 0 spiro atoms. The number of para-hydroxylation sites is 1. The molecule has 152 valence electrons. The lowest BCUT2D eigenvalue weighted by molar-refractivity contribution is 1.29. The molecule has 0 amide bonds. The monoisotopic (exact) mass is 426 g/mol. The number of hydrogen-bond acceptors (Lipinski definition) is 2. The number of anilines is 3. The van der Waals surface area contributed by atoms with Crippen molar-refractivity contribution in [2.75, 3.05) is 4.90 Å². The fourth-order valence-corrected chi connectivity index (χ4v) is 8.72. The van der Waals surface area contributed by atoms with Crippen LogP contribution in [0.25, 0.3) is 33.2 Å². The summed E-state index contributed by atoms with van der Waals surface area (Å²) in [5.74, 6) is 0. The minimum Gasteiger partial charge on any atom is -0.309 e. The largest absolute Gasteiger partial charge is 0.309 e. The molecule has 0 fully saturated rings. The van der Waals surface area contributed by atoms with E-state index < -0.39 is 8.07 Å². The summed E-state index contributed by atoms with van der Waals surface area (Å²) >= 11 is 0. The van der Waals surface area contributed by atoms with Gasteiger partial charge in [-0.05, 0) is 57.5 Å². The van der Waals surface area contributed by atoms with Crippen molar-refractivity contribution in [1.29, 1.82) is 0 Å². The molecule has 0 radical (unpaired) electrons. The van der Waals surface area contributed by atoms with Gasteiger partial charge >= 0.3 is 0 Å². The van der Waals surface area contributed by atoms with E-state index in [1.54, 1.807) is 0 Å². The molecule has 4 aromatic carbocycles. The van der Waals surface area contributed by atoms with E-state index in [1.165, 1.54) is 54.9 Å². The van der Waals surface area contributed by atoms with Crippen molar-refractivity contribution in [3.05, 3.63) is 97.2 Å². The number of hydrogen-bond donors (Lipinski definition) is 0. The molecule has 0 saturated carbocycles. The van der Waals surface area contributed by atoms with Crippen molar-refractivity contribution >= 4 is 46.3 Å². The second-order valence-electron chi connectivity index (χ2n) is 9.29. The van der Waals surface area contributed by atoms with Crippen LogP contribution in [0.4, 0.5) is 17.1 Å². The first kappa shape index (κ1) is 17.9. The molecule has 0 unspecified atom stereocenters. The van der Waals surface area contributed by atoms with Crippen LogP contribution in [0.1, 0.15) is 0 Å². The van der Waals surface area contributed by atoms with Crippen LogP contribution in [0.3, 0.4) is 0 Å². The normalized spacial score (nSPS) is 14.8. The van der Waals surface area contributed by atoms with E-state index in [1.807, 2.05) is 6.20 Å². The van der Waals surface area contributed by atoms with Crippen molar-refractivity contribution in [3.8, 4) is 22.4 Å². The Bertz CT molecular complexity index is 1550. The minimum absolute atomic E-state index is 1.12. The average molecular weight is 427 g/mol. The van der Waals surface area contributed by atoms with Gasteiger partial charge in [-0.2, -0.15) is 0 Å². The third-order valence-electron chi connectivity index (χ3n) is 7.21. The number of fused-ring (bicyclic) bond motifs is 3. The highest BCUT2D eigenvalue weighted by molar-refractivity contribution is 7.04. The van der Waals surface area contributed by atoms with Crippen LogP contribution >= 0.6 is 0 Å². The summed E-state index contributed by atoms with van der Waals surface area (Å²) in [6.07, 6.45) is 2.02. The van der Waals surface area contributed by atoms with Gasteiger partial charge in [-0.3, -0.25) is 4.98 Å². The summed E-state index contributed by atoms with van der Waals surface area (Å²) < 4.78 is 0. The third-order valence-corrected chi connectivity index (χ3v) is 10.7. The van der Waals surface area contributed by atoms with Crippen LogP contribution in [0.2, 0.25) is 13.1 Å². The van der Waals surface area contributed by atoms with Crippen molar-refractivity contribution in [2.45, 2.75) is 13.1 Å². The van der Waals surface area contributed by atoms with E-state index >= 15 is 0 Å². The van der Waals surface area contributed by atoms with Crippen LogP contribution in [0, 0.1) is 0 Å². The maximum atomic E-state index is 5.01. The number of aromatic nitrogens is 1. The predicted molar refractivity (Wildman–Crippen MR) is 138 cm³/mol. The van der Waals surface area contributed by atoms with E-state index in [9.17, 15) is 0 Å². The predicted octanol–water partition coefficient (Wildman–Crippen LogP) is 6.49. The topological polar surface area (TPSA) is 16.1 Å². The Morgan fingerprint density at radius 3 is 2.19 bits per heavy atom. The molecule has 5 aromatic rings. The summed E-state index contributed by atoms with van der Waals surface area (Å²) in [5.41, 5.74) is 8.69. The Balaban J connectivity index is 1.71. The van der Waals surface area contributed by atoms with E-state index in [-0.39, 0.29) is 0 Å². The van der Waals surface area contributed by atoms with Gasteiger partial charge in [0.05, 0.1) is 17.1 Å². The second-order valence-corrected chi connectivity index (χ2v) is 13.6. The van der Waals surface area contributed by atoms with Crippen molar-refractivity contribution in [2.24, 2.45) is 0 Å². The molecule has 2 aliphatic rings. The van der Waals surface area contributed by atoms with E-state index in [4.69, 9.17) is 4.98 Å². The second kappa shape index (κ2) is 6.18. The Morgan fingerprint density at radius 1 is 0.656 bits per heavy atom. The quantitative estimate of drug-likeness (QED) is 0.279. The van der Waals surface area contributed by atoms with Gasteiger partial charge in [-0.1, -0.05) is 67.7 Å². The Kier molecular flexibility index (Phi) is 3.46. The van der Waals surface area contributed by atoms with Gasteiger partial charge in [0.1, 0.15) is 8.07 Å². The maximum Gasteiger partial charge on any atom is 0.114 e. The maximum absolute atomic E-state index is 5.01. The summed E-state index contributed by atoms with van der Waals surface area (Å²) in [7, 11) is -1.80. The van der Waals surface area contributed by atoms with Gasteiger partial charge in [-0.15, -0.1) is 0 Å². The highest BCUT2D eigenvalue weighted by Gasteiger charge is 2.43. The number of pyridine rings is 1. The molecular formula is C29H22N2Si. The Morgan fingerprint density at radius 2 is 1.38 bits per heavy atom. The van der Waals surface area contributed by atoms with E-state index in [0.29, 0.717) is 0 Å². The lowest BCUT2D eigenvalue weighted by Gasteiger charge is -2.29. The highest BCUT2D eigenvalue weighted by atomic mass is 28.3. The van der Waals surface area contributed by atoms with Gasteiger partial charge in [0.2, 0.25) is 0 Å². The molecule has 0 bridgehead atoms. The zero-order chi connectivity index (χ0) is 21.4. The molecule has 7 rings (SSSR count).